The first-order valence-electron chi connectivity index (χ1n) is 6.50. The molecule has 0 heterocycles. The molecule has 0 amide bonds. The highest BCUT2D eigenvalue weighted by Gasteiger charge is 2.16. The maximum Gasteiger partial charge on any atom is 0.323 e. The molecule has 4 nitrogen and oxygen atoms in total. The number of esters is 1. The Kier molecular flexibility index (Phi) is 5.36. The van der Waals surface area contributed by atoms with E-state index in [1.807, 2.05) is 24.3 Å². The van der Waals surface area contributed by atoms with Crippen LogP contribution in [0.3, 0.4) is 0 Å². The quantitative estimate of drug-likeness (QED) is 0.814. The Bertz CT molecular complexity index is 613. The number of aromatic hydroxyl groups is 1. The lowest BCUT2D eigenvalue weighted by Crippen LogP contribution is -2.34. The second-order valence-corrected chi connectivity index (χ2v) is 5.53. The van der Waals surface area contributed by atoms with Crippen molar-refractivity contribution < 1.29 is 14.6 Å². The Labute approximate surface area is 131 Å². The molecule has 0 radical (unpaired) electrons. The third-order valence-corrected chi connectivity index (χ3v) is 3.80. The number of benzene rings is 2. The molecule has 0 aliphatic carbocycles. The van der Waals surface area contributed by atoms with E-state index in [2.05, 4.69) is 15.9 Å². The van der Waals surface area contributed by atoms with E-state index in [0.29, 0.717) is 6.42 Å². The van der Waals surface area contributed by atoms with Crippen LogP contribution in [0.4, 0.5) is 0 Å². The van der Waals surface area contributed by atoms with Crippen LogP contribution in [0.5, 0.6) is 5.75 Å². The highest BCUT2D eigenvalue weighted by Crippen LogP contribution is 2.17. The Morgan fingerprint density at radius 3 is 2.52 bits per heavy atom. The van der Waals surface area contributed by atoms with Crippen LogP contribution < -0.4 is 5.73 Å². The number of hydrogen-bond acceptors (Lipinski definition) is 4. The summed E-state index contributed by atoms with van der Waals surface area (Å²) in [6.45, 7) is 0.184. The predicted molar refractivity (Wildman–Crippen MR) is 83.7 cm³/mol. The number of halogens is 1. The molecule has 1 atom stereocenters. The van der Waals surface area contributed by atoms with Gasteiger partial charge in [-0.2, -0.15) is 0 Å². The number of phenolic OH excluding ortho intramolecular Hbond substituents is 1. The Morgan fingerprint density at radius 1 is 1.19 bits per heavy atom. The van der Waals surface area contributed by atoms with E-state index in [4.69, 9.17) is 10.5 Å². The molecule has 110 valence electrons. The van der Waals surface area contributed by atoms with Crippen LogP contribution in [0.2, 0.25) is 0 Å². The van der Waals surface area contributed by atoms with Gasteiger partial charge in [-0.3, -0.25) is 4.79 Å². The van der Waals surface area contributed by atoms with Gasteiger partial charge >= 0.3 is 5.97 Å². The van der Waals surface area contributed by atoms with Gasteiger partial charge < -0.3 is 15.6 Å². The van der Waals surface area contributed by atoms with Crippen LogP contribution in [0.1, 0.15) is 11.1 Å². The molecule has 0 bridgehead atoms. The first-order valence-corrected chi connectivity index (χ1v) is 7.29. The molecular formula is C16H16BrNO3. The zero-order valence-electron chi connectivity index (χ0n) is 11.3. The second-order valence-electron chi connectivity index (χ2n) is 4.68. The molecule has 0 unspecified atom stereocenters. The van der Waals surface area contributed by atoms with E-state index < -0.39 is 12.0 Å². The van der Waals surface area contributed by atoms with Crippen LogP contribution in [0.15, 0.2) is 53.0 Å². The molecule has 2 aromatic rings. The van der Waals surface area contributed by atoms with Crippen LogP contribution in [0, 0.1) is 0 Å². The third-order valence-electron chi connectivity index (χ3n) is 3.02. The smallest absolute Gasteiger partial charge is 0.323 e. The lowest BCUT2D eigenvalue weighted by Gasteiger charge is -2.12. The summed E-state index contributed by atoms with van der Waals surface area (Å²) in [7, 11) is 0. The van der Waals surface area contributed by atoms with E-state index >= 15 is 0 Å². The van der Waals surface area contributed by atoms with Crippen molar-refractivity contribution in [2.75, 3.05) is 0 Å². The van der Waals surface area contributed by atoms with E-state index in [1.165, 1.54) is 0 Å². The number of carbonyl (C=O) groups excluding carboxylic acids is 1. The summed E-state index contributed by atoms with van der Waals surface area (Å²) >= 11 is 3.40. The number of carbonyl (C=O) groups is 1. The normalized spacial score (nSPS) is 11.9. The number of nitrogens with two attached hydrogens (primary N) is 1. The average Bonchev–Trinajstić information content (AvgIpc) is 2.48. The predicted octanol–water partition coefficient (Wildman–Crippen LogP) is 2.77. The van der Waals surface area contributed by atoms with Gasteiger partial charge in [-0.05, 0) is 30.2 Å². The van der Waals surface area contributed by atoms with Gasteiger partial charge in [-0.25, -0.2) is 0 Å². The van der Waals surface area contributed by atoms with Crippen LogP contribution in [-0.4, -0.2) is 17.1 Å². The zero-order chi connectivity index (χ0) is 15.2. The Balaban J connectivity index is 1.88. The van der Waals surface area contributed by atoms with Crippen LogP contribution in [0.25, 0.3) is 0 Å². The highest BCUT2D eigenvalue weighted by atomic mass is 79.9. The molecule has 0 aliphatic rings. The minimum Gasteiger partial charge on any atom is -0.508 e. The van der Waals surface area contributed by atoms with E-state index in [-0.39, 0.29) is 12.4 Å². The van der Waals surface area contributed by atoms with Gasteiger partial charge in [0.05, 0.1) is 0 Å². The van der Waals surface area contributed by atoms with E-state index in [0.717, 1.165) is 15.6 Å². The first-order chi connectivity index (χ1) is 10.1. The van der Waals surface area contributed by atoms with Crippen molar-refractivity contribution in [2.24, 2.45) is 5.73 Å². The van der Waals surface area contributed by atoms with Gasteiger partial charge in [0.2, 0.25) is 0 Å². The molecule has 0 spiro atoms. The SMILES string of the molecule is N[C@@H](Cc1ccc(O)cc1)C(=O)OCc1ccccc1Br. The lowest BCUT2D eigenvalue weighted by atomic mass is 10.1. The van der Waals surface area contributed by atoms with Crippen molar-refractivity contribution in [3.8, 4) is 5.75 Å². The van der Waals surface area contributed by atoms with Crippen molar-refractivity contribution in [3.63, 3.8) is 0 Å². The minimum atomic E-state index is -0.725. The summed E-state index contributed by atoms with van der Waals surface area (Å²) in [6.07, 6.45) is 0.370. The number of rotatable bonds is 5. The van der Waals surface area contributed by atoms with Gasteiger partial charge in [-0.1, -0.05) is 46.3 Å². The summed E-state index contributed by atoms with van der Waals surface area (Å²) in [5, 5.41) is 9.21. The Morgan fingerprint density at radius 2 is 1.86 bits per heavy atom. The molecule has 3 N–H and O–H groups in total. The maximum absolute atomic E-state index is 11.9. The first kappa shape index (κ1) is 15.5. The van der Waals surface area contributed by atoms with Crippen LogP contribution >= 0.6 is 15.9 Å². The number of hydrogen-bond donors (Lipinski definition) is 2. The number of phenols is 1. The summed E-state index contributed by atoms with van der Waals surface area (Å²) < 4.78 is 6.12. The standard InChI is InChI=1S/C16H16BrNO3/c17-14-4-2-1-3-12(14)10-21-16(20)15(18)9-11-5-7-13(19)8-6-11/h1-8,15,19H,9-10,18H2/t15-/m0/s1. The molecule has 0 saturated carbocycles. The average molecular weight is 350 g/mol. The van der Waals surface area contributed by atoms with Crippen molar-refractivity contribution in [1.82, 2.24) is 0 Å². The highest BCUT2D eigenvalue weighted by molar-refractivity contribution is 9.10. The number of ether oxygens (including phenoxy) is 1. The topological polar surface area (TPSA) is 72.5 Å². The molecule has 0 saturated heterocycles. The molecular weight excluding hydrogens is 334 g/mol. The van der Waals surface area contributed by atoms with Gasteiger partial charge in [0, 0.05) is 10.0 Å². The van der Waals surface area contributed by atoms with Crippen molar-refractivity contribution in [1.29, 1.82) is 0 Å². The van der Waals surface area contributed by atoms with Gasteiger partial charge in [0.15, 0.2) is 0 Å². The summed E-state index contributed by atoms with van der Waals surface area (Å²) in [4.78, 5) is 11.9. The maximum atomic E-state index is 11.9. The van der Waals surface area contributed by atoms with Gasteiger partial charge in [0.25, 0.3) is 0 Å². The fourth-order valence-corrected chi connectivity index (χ4v) is 2.24. The lowest BCUT2D eigenvalue weighted by molar-refractivity contribution is -0.146. The van der Waals surface area contributed by atoms with Gasteiger partial charge in [0.1, 0.15) is 18.4 Å². The Hall–Kier alpha value is -1.85. The van der Waals surface area contributed by atoms with E-state index in [1.54, 1.807) is 24.3 Å². The van der Waals surface area contributed by atoms with Crippen LogP contribution in [-0.2, 0) is 22.6 Å². The zero-order valence-corrected chi connectivity index (χ0v) is 12.9. The minimum absolute atomic E-state index is 0.184. The fraction of sp³-hybridized carbons (Fsp3) is 0.188. The molecule has 2 aromatic carbocycles. The molecule has 0 aliphatic heterocycles. The van der Waals surface area contributed by atoms with Crippen molar-refractivity contribution >= 4 is 21.9 Å². The molecule has 5 heteroatoms. The summed E-state index contributed by atoms with van der Waals surface area (Å²) in [5.41, 5.74) is 7.61. The van der Waals surface area contributed by atoms with Crippen molar-refractivity contribution in [3.05, 3.63) is 64.1 Å². The second kappa shape index (κ2) is 7.24. The van der Waals surface area contributed by atoms with Crippen molar-refractivity contribution in [2.45, 2.75) is 19.1 Å². The fourth-order valence-electron chi connectivity index (χ4n) is 1.84. The summed E-state index contributed by atoms with van der Waals surface area (Å²) in [5.74, 6) is -0.261. The van der Waals surface area contributed by atoms with E-state index in [9.17, 15) is 9.90 Å². The summed E-state index contributed by atoms with van der Waals surface area (Å²) in [6, 6.07) is 13.4. The van der Waals surface area contributed by atoms with Gasteiger partial charge in [-0.15, -0.1) is 0 Å². The third kappa shape index (κ3) is 4.58. The molecule has 21 heavy (non-hydrogen) atoms. The molecule has 0 fully saturated rings. The molecule has 2 rings (SSSR count). The molecule has 0 aromatic heterocycles. The monoisotopic (exact) mass is 349 g/mol. The largest absolute Gasteiger partial charge is 0.508 e.